The molecule has 0 aliphatic carbocycles. The van der Waals surface area contributed by atoms with Crippen LogP contribution in [0.25, 0.3) is 11.6 Å². The van der Waals surface area contributed by atoms with Crippen LogP contribution in [0.5, 0.6) is 5.75 Å². The fraction of sp³-hybridized carbons (Fsp3) is 0.400. The van der Waals surface area contributed by atoms with Gasteiger partial charge in [0.05, 0.1) is 17.6 Å². The lowest BCUT2D eigenvalue weighted by Gasteiger charge is -2.43. The van der Waals surface area contributed by atoms with Gasteiger partial charge in [0.2, 0.25) is 0 Å². The van der Waals surface area contributed by atoms with Crippen molar-refractivity contribution in [3.63, 3.8) is 0 Å². The van der Waals surface area contributed by atoms with Crippen LogP contribution in [0.15, 0.2) is 23.1 Å². The van der Waals surface area contributed by atoms with Crippen LogP contribution in [0.1, 0.15) is 38.8 Å². The van der Waals surface area contributed by atoms with E-state index < -0.39 is 0 Å². The van der Waals surface area contributed by atoms with Crippen LogP contribution >= 0.6 is 11.8 Å². The average molecular weight is 372 g/mol. The van der Waals surface area contributed by atoms with Crippen LogP contribution in [0.3, 0.4) is 0 Å². The molecule has 138 valence electrons. The lowest BCUT2D eigenvalue weighted by molar-refractivity contribution is -0.121. The number of anilines is 1. The van der Waals surface area contributed by atoms with Gasteiger partial charge in [0.15, 0.2) is 0 Å². The molecule has 2 heterocycles. The van der Waals surface area contributed by atoms with E-state index in [2.05, 4.69) is 38.7 Å². The largest absolute Gasteiger partial charge is 0.496 e. The molecule has 0 N–H and O–H groups in total. The van der Waals surface area contributed by atoms with Crippen molar-refractivity contribution in [3.8, 4) is 5.75 Å². The molecule has 0 aromatic heterocycles. The number of benzene rings is 1. The minimum atomic E-state index is -0.275. The van der Waals surface area contributed by atoms with E-state index in [0.717, 1.165) is 40.0 Å². The van der Waals surface area contributed by atoms with Crippen molar-refractivity contribution in [3.05, 3.63) is 34.2 Å². The molecule has 1 saturated heterocycles. The predicted octanol–water partition coefficient (Wildman–Crippen LogP) is 4.38. The van der Waals surface area contributed by atoms with Gasteiger partial charge in [-0.15, -0.1) is 0 Å². The number of likely N-dealkylation sites (N-methyl/N-ethyl adjacent to an activating group) is 2. The molecular weight excluding hydrogens is 348 g/mol. The maximum Gasteiger partial charge on any atom is 0.293 e. The molecule has 1 aromatic rings. The molecule has 2 amide bonds. The molecule has 0 bridgehead atoms. The Labute approximate surface area is 158 Å². The quantitative estimate of drug-likeness (QED) is 0.737. The highest BCUT2D eigenvalue weighted by Crippen LogP contribution is 2.43. The molecule has 0 spiro atoms. The minimum absolute atomic E-state index is 0.0801. The van der Waals surface area contributed by atoms with Crippen LogP contribution in [-0.4, -0.2) is 42.3 Å². The van der Waals surface area contributed by atoms with E-state index in [1.54, 1.807) is 13.2 Å². The third kappa shape index (κ3) is 2.92. The van der Waals surface area contributed by atoms with E-state index in [4.69, 9.17) is 4.74 Å². The summed E-state index contributed by atoms with van der Waals surface area (Å²) in [7, 11) is 3.12. The first-order chi connectivity index (χ1) is 12.2. The Hall–Kier alpha value is -2.21. The maximum atomic E-state index is 12.2. The number of methoxy groups -OCH3 is 1. The lowest BCUT2D eigenvalue weighted by atomic mass is 9.87. The molecule has 5 nitrogen and oxygen atoms in total. The van der Waals surface area contributed by atoms with Gasteiger partial charge in [0.25, 0.3) is 11.1 Å². The number of carbonyl (C=O) groups excluding carboxylic acids is 2. The molecule has 0 saturated carbocycles. The number of rotatable bonds is 3. The predicted molar refractivity (Wildman–Crippen MR) is 107 cm³/mol. The summed E-state index contributed by atoms with van der Waals surface area (Å²) in [6.07, 6.45) is 4.01. The zero-order valence-corrected chi connectivity index (χ0v) is 16.9. The number of nitrogens with zero attached hydrogens (tertiary/aromatic N) is 2. The summed E-state index contributed by atoms with van der Waals surface area (Å²) in [5.74, 6) is 0.416. The van der Waals surface area contributed by atoms with Crippen molar-refractivity contribution in [2.24, 2.45) is 0 Å². The van der Waals surface area contributed by atoms with Crippen molar-refractivity contribution in [2.45, 2.75) is 33.2 Å². The van der Waals surface area contributed by atoms with Gasteiger partial charge in [-0.05, 0) is 57.2 Å². The highest BCUT2D eigenvalue weighted by Gasteiger charge is 2.33. The summed E-state index contributed by atoms with van der Waals surface area (Å²) in [4.78, 5) is 27.9. The van der Waals surface area contributed by atoms with Gasteiger partial charge < -0.3 is 9.64 Å². The second-order valence-corrected chi connectivity index (χ2v) is 8.07. The molecule has 0 radical (unpaired) electrons. The number of carbonyl (C=O) groups is 2. The summed E-state index contributed by atoms with van der Waals surface area (Å²) in [6, 6.07) is 4.07. The highest BCUT2D eigenvalue weighted by molar-refractivity contribution is 8.18. The van der Waals surface area contributed by atoms with Crippen LogP contribution < -0.4 is 9.64 Å². The Balaban J connectivity index is 2.15. The normalized spacial score (nSPS) is 20.5. The van der Waals surface area contributed by atoms with E-state index in [1.807, 2.05) is 12.1 Å². The number of thioether (sulfide) groups is 1. The molecule has 2 aliphatic heterocycles. The number of imide groups is 1. The topological polar surface area (TPSA) is 49.9 Å². The summed E-state index contributed by atoms with van der Waals surface area (Å²) in [5.41, 5.74) is 4.15. The summed E-state index contributed by atoms with van der Waals surface area (Å²) in [5, 5.41) is -0.256. The Morgan fingerprint density at radius 1 is 1.27 bits per heavy atom. The molecule has 1 fully saturated rings. The van der Waals surface area contributed by atoms with Gasteiger partial charge in [-0.25, -0.2) is 0 Å². The Kier molecular flexibility index (Phi) is 4.65. The van der Waals surface area contributed by atoms with Gasteiger partial charge in [-0.2, -0.15) is 0 Å². The van der Waals surface area contributed by atoms with Crippen LogP contribution in [0.4, 0.5) is 10.5 Å². The fourth-order valence-corrected chi connectivity index (χ4v) is 4.49. The number of hydrogen-bond acceptors (Lipinski definition) is 5. The molecule has 0 atom stereocenters. The van der Waals surface area contributed by atoms with E-state index in [9.17, 15) is 9.59 Å². The highest BCUT2D eigenvalue weighted by atomic mass is 32.2. The minimum Gasteiger partial charge on any atom is -0.496 e. The molecule has 3 rings (SSSR count). The van der Waals surface area contributed by atoms with E-state index >= 15 is 0 Å². The molecule has 26 heavy (non-hydrogen) atoms. The van der Waals surface area contributed by atoms with Crippen molar-refractivity contribution in [2.75, 3.05) is 25.6 Å². The monoisotopic (exact) mass is 372 g/mol. The van der Waals surface area contributed by atoms with E-state index in [0.29, 0.717) is 10.7 Å². The standard InChI is InChI=1S/C20H24N2O3S/c1-7-22-15-10-16(25-6)13(8-14(15)12(2)11-20(22,3)4)9-17-18(23)21(5)19(24)26-17/h8-11H,7H2,1-6H3/b17-9-. The SMILES string of the molecule is CCN1c2cc(OC)c(/C=C3\SC(=O)N(C)C3=O)cc2C(C)=CC1(C)C. The Morgan fingerprint density at radius 2 is 1.96 bits per heavy atom. The third-order valence-corrected chi connectivity index (χ3v) is 5.88. The molecule has 1 aromatic carbocycles. The van der Waals surface area contributed by atoms with E-state index in [-0.39, 0.29) is 16.7 Å². The first-order valence-electron chi connectivity index (χ1n) is 8.60. The van der Waals surface area contributed by atoms with Crippen molar-refractivity contribution in [1.82, 2.24) is 4.90 Å². The maximum absolute atomic E-state index is 12.2. The molecular formula is C20H24N2O3S. The first kappa shape index (κ1) is 18.6. The summed E-state index contributed by atoms with van der Waals surface area (Å²) >= 11 is 0.957. The number of ether oxygens (including phenoxy) is 1. The fourth-order valence-electron chi connectivity index (χ4n) is 3.68. The lowest BCUT2D eigenvalue weighted by Crippen LogP contribution is -2.44. The van der Waals surface area contributed by atoms with Crippen molar-refractivity contribution < 1.29 is 14.3 Å². The van der Waals surface area contributed by atoms with Gasteiger partial charge in [-0.1, -0.05) is 6.08 Å². The van der Waals surface area contributed by atoms with Gasteiger partial charge in [0.1, 0.15) is 5.75 Å². The zero-order chi connectivity index (χ0) is 19.2. The average Bonchev–Trinajstić information content (AvgIpc) is 2.81. The molecule has 2 aliphatic rings. The van der Waals surface area contributed by atoms with Crippen LogP contribution in [0, 0.1) is 0 Å². The van der Waals surface area contributed by atoms with Crippen molar-refractivity contribution in [1.29, 1.82) is 0 Å². The van der Waals surface area contributed by atoms with E-state index in [1.165, 1.54) is 12.6 Å². The number of amides is 2. The Bertz CT molecular complexity index is 855. The molecule has 6 heteroatoms. The van der Waals surface area contributed by atoms with Crippen LogP contribution in [-0.2, 0) is 4.79 Å². The van der Waals surface area contributed by atoms with Gasteiger partial charge >= 0.3 is 0 Å². The third-order valence-electron chi connectivity index (χ3n) is 4.92. The van der Waals surface area contributed by atoms with Gasteiger partial charge in [0, 0.05) is 36.5 Å². The van der Waals surface area contributed by atoms with Crippen LogP contribution in [0.2, 0.25) is 0 Å². The zero-order valence-electron chi connectivity index (χ0n) is 16.0. The Morgan fingerprint density at radius 3 is 2.50 bits per heavy atom. The number of allylic oxidation sites excluding steroid dienone is 1. The molecule has 0 unspecified atom stereocenters. The summed E-state index contributed by atoms with van der Waals surface area (Å²) in [6.45, 7) is 9.50. The first-order valence-corrected chi connectivity index (χ1v) is 9.42. The summed E-state index contributed by atoms with van der Waals surface area (Å²) < 4.78 is 5.60. The number of fused-ring (bicyclic) bond motifs is 1. The second kappa shape index (κ2) is 6.50. The van der Waals surface area contributed by atoms with Gasteiger partial charge in [-0.3, -0.25) is 14.5 Å². The smallest absolute Gasteiger partial charge is 0.293 e. The van der Waals surface area contributed by atoms with Crippen molar-refractivity contribution >= 4 is 40.2 Å². The number of hydrogen-bond donors (Lipinski definition) is 0. The second-order valence-electron chi connectivity index (χ2n) is 7.08.